The minimum absolute atomic E-state index is 0. The van der Waals surface area contributed by atoms with E-state index in [0.717, 1.165) is 0 Å². The van der Waals surface area contributed by atoms with Crippen LogP contribution in [0.4, 0.5) is 0 Å². The Morgan fingerprint density at radius 3 is 1.82 bits per heavy atom. The van der Waals surface area contributed by atoms with Crippen LogP contribution in [-0.4, -0.2) is 29.5 Å². The Hall–Kier alpha value is 0.524. The number of hydrogen-bond donors (Lipinski definition) is 2. The predicted molar refractivity (Wildman–Crippen MR) is 26.7 cm³/mol. The van der Waals surface area contributed by atoms with Gasteiger partial charge in [-0.15, -0.1) is 0 Å². The molecular formula is C3H7NiO6P. The number of rotatable bonds is 4. The van der Waals surface area contributed by atoms with E-state index in [1.807, 2.05) is 0 Å². The maximum absolute atomic E-state index is 9.79. The van der Waals surface area contributed by atoms with Crippen molar-refractivity contribution in [2.45, 2.75) is 6.10 Å². The van der Waals surface area contributed by atoms with Crippen LogP contribution >= 0.6 is 7.82 Å². The molecule has 0 unspecified atom stereocenters. The first-order valence-electron chi connectivity index (χ1n) is 2.41. The van der Waals surface area contributed by atoms with Crippen LogP contribution in [-0.2, 0) is 25.6 Å². The van der Waals surface area contributed by atoms with E-state index in [2.05, 4.69) is 4.52 Å². The number of hydrogen-bond acceptors (Lipinski definition) is 6. The van der Waals surface area contributed by atoms with Gasteiger partial charge in [-0.2, -0.15) is 0 Å². The molecule has 0 radical (unpaired) electrons. The standard InChI is InChI=1S/C3H9O6P.Ni/c4-1-3(2-5)9-10(6,7)8;/h3-5H,1-2H2,(H2,6,7,8);/q;+2/p-2. The Kier molecular flexibility index (Phi) is 7.78. The molecule has 11 heavy (non-hydrogen) atoms. The predicted octanol–water partition coefficient (Wildman–Crippen LogP) is -2.82. The van der Waals surface area contributed by atoms with Crippen molar-refractivity contribution in [3.05, 3.63) is 0 Å². The molecule has 6 nitrogen and oxygen atoms in total. The van der Waals surface area contributed by atoms with Gasteiger partial charge in [0.25, 0.3) is 0 Å². The van der Waals surface area contributed by atoms with Gasteiger partial charge in [0.05, 0.1) is 21.0 Å². The van der Waals surface area contributed by atoms with E-state index < -0.39 is 27.1 Å². The summed E-state index contributed by atoms with van der Waals surface area (Å²) in [5.74, 6) is 0. The molecule has 0 aromatic carbocycles. The molecule has 0 aliphatic carbocycles. The molecule has 0 aliphatic heterocycles. The van der Waals surface area contributed by atoms with Crippen LogP contribution in [0.25, 0.3) is 0 Å². The van der Waals surface area contributed by atoms with E-state index in [1.54, 1.807) is 0 Å². The van der Waals surface area contributed by atoms with Crippen LogP contribution in [0.15, 0.2) is 0 Å². The Balaban J connectivity index is 0. The van der Waals surface area contributed by atoms with E-state index in [-0.39, 0.29) is 16.5 Å². The van der Waals surface area contributed by atoms with Gasteiger partial charge in [0.2, 0.25) is 0 Å². The van der Waals surface area contributed by atoms with Gasteiger partial charge in [0.15, 0.2) is 0 Å². The van der Waals surface area contributed by atoms with Crippen molar-refractivity contribution in [2.75, 3.05) is 13.2 Å². The molecule has 0 aromatic rings. The van der Waals surface area contributed by atoms with Crippen LogP contribution in [0.1, 0.15) is 0 Å². The monoisotopic (exact) mass is 228 g/mol. The van der Waals surface area contributed by atoms with Gasteiger partial charge in [0.1, 0.15) is 6.10 Å². The third-order valence-corrected chi connectivity index (χ3v) is 1.24. The molecule has 0 heterocycles. The Morgan fingerprint density at radius 1 is 1.36 bits per heavy atom. The Bertz CT molecular complexity index is 130. The molecule has 0 fully saturated rings. The maximum Gasteiger partial charge on any atom is 2.00 e. The smallest absolute Gasteiger partial charge is 0.790 e. The van der Waals surface area contributed by atoms with Gasteiger partial charge >= 0.3 is 16.5 Å². The summed E-state index contributed by atoms with van der Waals surface area (Å²) in [4.78, 5) is 19.6. The van der Waals surface area contributed by atoms with E-state index in [4.69, 9.17) is 10.2 Å². The van der Waals surface area contributed by atoms with Gasteiger partial charge in [-0.1, -0.05) is 0 Å². The summed E-state index contributed by atoms with van der Waals surface area (Å²) in [6.45, 7) is -1.41. The summed E-state index contributed by atoms with van der Waals surface area (Å²) in [5.41, 5.74) is 0. The van der Waals surface area contributed by atoms with Crippen molar-refractivity contribution in [1.29, 1.82) is 0 Å². The summed E-state index contributed by atoms with van der Waals surface area (Å²) in [6.07, 6.45) is -1.33. The molecular weight excluding hydrogens is 222 g/mol. The fraction of sp³-hybridized carbons (Fsp3) is 1.00. The van der Waals surface area contributed by atoms with Crippen LogP contribution in [0.2, 0.25) is 0 Å². The van der Waals surface area contributed by atoms with Crippen molar-refractivity contribution in [3.8, 4) is 0 Å². The van der Waals surface area contributed by atoms with Crippen LogP contribution < -0.4 is 9.79 Å². The number of aliphatic hydroxyl groups is 2. The largest absolute Gasteiger partial charge is 2.00 e. The van der Waals surface area contributed by atoms with Crippen LogP contribution in [0.3, 0.4) is 0 Å². The minimum Gasteiger partial charge on any atom is -0.790 e. The van der Waals surface area contributed by atoms with Gasteiger partial charge < -0.3 is 29.1 Å². The zero-order chi connectivity index (χ0) is 8.20. The molecule has 0 bridgehead atoms. The van der Waals surface area contributed by atoms with E-state index in [9.17, 15) is 14.4 Å². The molecule has 2 N–H and O–H groups in total. The third kappa shape index (κ3) is 8.43. The number of phosphoric ester groups is 1. The van der Waals surface area contributed by atoms with Gasteiger partial charge in [-0.3, -0.25) is 0 Å². The average Bonchev–Trinajstić information content (AvgIpc) is 1.81. The van der Waals surface area contributed by atoms with E-state index >= 15 is 0 Å². The van der Waals surface area contributed by atoms with Crippen LogP contribution in [0, 0.1) is 0 Å². The second-order valence-electron chi connectivity index (χ2n) is 1.54. The average molecular weight is 229 g/mol. The van der Waals surface area contributed by atoms with Crippen molar-refractivity contribution < 1.29 is 45.6 Å². The fourth-order valence-electron chi connectivity index (χ4n) is 0.307. The zero-order valence-electron chi connectivity index (χ0n) is 5.28. The first-order valence-corrected chi connectivity index (χ1v) is 3.88. The van der Waals surface area contributed by atoms with Crippen LogP contribution in [0.5, 0.6) is 0 Å². The van der Waals surface area contributed by atoms with Crippen molar-refractivity contribution in [3.63, 3.8) is 0 Å². The molecule has 0 aliphatic rings. The maximum atomic E-state index is 9.79. The molecule has 70 valence electrons. The summed E-state index contributed by atoms with van der Waals surface area (Å²) < 4.78 is 13.5. The Labute approximate surface area is 73.4 Å². The summed E-state index contributed by atoms with van der Waals surface area (Å²) in [6, 6.07) is 0. The normalized spacial score (nSPS) is 11.4. The van der Waals surface area contributed by atoms with Gasteiger partial charge in [-0.05, 0) is 0 Å². The summed E-state index contributed by atoms with van der Waals surface area (Å²) >= 11 is 0. The topological polar surface area (TPSA) is 113 Å². The van der Waals surface area contributed by atoms with Gasteiger partial charge in [0, 0.05) is 0 Å². The molecule has 0 atom stereocenters. The molecule has 0 rings (SSSR count). The Morgan fingerprint density at radius 2 is 1.73 bits per heavy atom. The van der Waals surface area contributed by atoms with E-state index in [0.29, 0.717) is 0 Å². The fourth-order valence-corrected chi connectivity index (χ4v) is 0.805. The zero-order valence-corrected chi connectivity index (χ0v) is 7.16. The minimum atomic E-state index is -5.07. The summed E-state index contributed by atoms with van der Waals surface area (Å²) in [5, 5.41) is 16.4. The molecule has 0 spiro atoms. The quantitative estimate of drug-likeness (QED) is 0.397. The first kappa shape index (κ1) is 14.1. The SMILES string of the molecule is O=P([O-])([O-])OC(CO)CO.[Ni+2]. The van der Waals surface area contributed by atoms with Crippen molar-refractivity contribution in [2.24, 2.45) is 0 Å². The van der Waals surface area contributed by atoms with Crippen molar-refractivity contribution in [1.82, 2.24) is 0 Å². The second-order valence-corrected chi connectivity index (χ2v) is 2.65. The molecule has 0 aromatic heterocycles. The number of phosphoric acid groups is 1. The number of aliphatic hydroxyl groups excluding tert-OH is 2. The molecule has 0 saturated carbocycles. The first-order chi connectivity index (χ1) is 4.49. The van der Waals surface area contributed by atoms with E-state index in [1.165, 1.54) is 0 Å². The summed E-state index contributed by atoms with van der Waals surface area (Å²) in [7, 11) is -5.07. The van der Waals surface area contributed by atoms with Gasteiger partial charge in [-0.25, -0.2) is 0 Å². The molecule has 0 saturated heterocycles. The van der Waals surface area contributed by atoms with Crippen molar-refractivity contribution >= 4 is 7.82 Å². The molecule has 0 amide bonds. The third-order valence-electron chi connectivity index (χ3n) is 0.685. The molecule has 8 heteroatoms. The second kappa shape index (κ2) is 6.09.